The second-order valence-corrected chi connectivity index (χ2v) is 8.97. The van der Waals surface area contributed by atoms with Crippen LogP contribution in [0.15, 0.2) is 29.4 Å². The van der Waals surface area contributed by atoms with Crippen LogP contribution in [0.3, 0.4) is 0 Å². The minimum absolute atomic E-state index is 0.111. The molecule has 1 N–H and O–H groups in total. The van der Waals surface area contributed by atoms with Gasteiger partial charge in [-0.05, 0) is 51.5 Å². The van der Waals surface area contributed by atoms with E-state index in [1.807, 2.05) is 20.8 Å². The average molecular weight is 404 g/mol. The number of benzene rings is 1. The van der Waals surface area contributed by atoms with Gasteiger partial charge in [-0.1, -0.05) is 0 Å². The Hall–Kier alpha value is -2.68. The van der Waals surface area contributed by atoms with Crippen molar-refractivity contribution < 1.29 is 17.9 Å². The van der Waals surface area contributed by atoms with E-state index >= 15 is 0 Å². The van der Waals surface area contributed by atoms with Crippen LogP contribution in [0.1, 0.15) is 46.7 Å². The van der Waals surface area contributed by atoms with Gasteiger partial charge in [-0.2, -0.15) is 10.2 Å². The quantitative estimate of drug-likeness (QED) is 0.586. The molecule has 150 valence electrons. The van der Waals surface area contributed by atoms with Gasteiger partial charge in [0.2, 0.25) is 0 Å². The van der Waals surface area contributed by atoms with Crippen LogP contribution in [0.4, 0.5) is 0 Å². The van der Waals surface area contributed by atoms with Crippen LogP contribution in [0.25, 0.3) is 0 Å². The van der Waals surface area contributed by atoms with Crippen molar-refractivity contribution in [1.29, 1.82) is 0 Å². The number of hydrogen-bond donors (Lipinski definition) is 1. The van der Waals surface area contributed by atoms with Crippen molar-refractivity contribution in [3.05, 3.63) is 46.8 Å². The summed E-state index contributed by atoms with van der Waals surface area (Å²) in [6.07, 6.45) is 2.11. The molecular formula is C19H24N4O4S. The van der Waals surface area contributed by atoms with Crippen LogP contribution in [-0.4, -0.2) is 48.4 Å². The number of rotatable bonds is 6. The molecule has 2 heterocycles. The van der Waals surface area contributed by atoms with E-state index in [-0.39, 0.29) is 23.5 Å². The van der Waals surface area contributed by atoms with Gasteiger partial charge >= 0.3 is 0 Å². The van der Waals surface area contributed by atoms with Gasteiger partial charge < -0.3 is 4.74 Å². The Kier molecular flexibility index (Phi) is 5.83. The van der Waals surface area contributed by atoms with Gasteiger partial charge in [0, 0.05) is 16.8 Å². The fraction of sp³-hybridized carbons (Fsp3) is 0.421. The van der Waals surface area contributed by atoms with Crippen LogP contribution >= 0.6 is 0 Å². The second kappa shape index (κ2) is 8.14. The molecule has 1 aromatic carbocycles. The molecule has 1 atom stereocenters. The van der Waals surface area contributed by atoms with Crippen LogP contribution in [-0.2, 0) is 9.84 Å². The molecule has 2 aromatic rings. The molecule has 0 bridgehead atoms. The topological polar surface area (TPSA) is 103 Å². The van der Waals surface area contributed by atoms with Gasteiger partial charge in [0.1, 0.15) is 5.75 Å². The minimum Gasteiger partial charge on any atom is -0.494 e. The highest BCUT2D eigenvalue weighted by molar-refractivity contribution is 7.91. The predicted molar refractivity (Wildman–Crippen MR) is 107 cm³/mol. The van der Waals surface area contributed by atoms with E-state index in [0.717, 1.165) is 17.0 Å². The number of sulfone groups is 1. The number of ether oxygens (including phenoxy) is 1. The number of carbonyl (C=O) groups is 1. The Balaban J connectivity index is 1.68. The lowest BCUT2D eigenvalue weighted by molar-refractivity contribution is 0.0955. The van der Waals surface area contributed by atoms with Crippen molar-refractivity contribution in [2.45, 2.75) is 33.2 Å². The highest BCUT2D eigenvalue weighted by Crippen LogP contribution is 2.26. The molecule has 1 aliphatic rings. The maximum atomic E-state index is 12.2. The standard InChI is InChI=1S/C19H24N4O4S/c1-4-27-17-7-5-15(6-8-17)19(24)21-20-11-18-13(2)22-23(14(18)3)16-9-10-28(25,26)12-16/h5-8,11,16H,4,9-10,12H2,1-3H3,(H,21,24)/b20-11-/t16-/m0/s1. The molecular weight excluding hydrogens is 380 g/mol. The van der Waals surface area contributed by atoms with Crippen molar-refractivity contribution in [2.24, 2.45) is 5.10 Å². The molecule has 8 nitrogen and oxygen atoms in total. The number of amides is 1. The van der Waals surface area contributed by atoms with Crippen LogP contribution in [0, 0.1) is 13.8 Å². The first-order valence-electron chi connectivity index (χ1n) is 9.13. The minimum atomic E-state index is -2.99. The largest absolute Gasteiger partial charge is 0.494 e. The summed E-state index contributed by atoms with van der Waals surface area (Å²) >= 11 is 0. The SMILES string of the molecule is CCOc1ccc(C(=O)N/N=C\c2c(C)nn([C@H]3CCS(=O)(=O)C3)c2C)cc1. The number of nitrogens with one attached hydrogen (secondary N) is 1. The summed E-state index contributed by atoms with van der Waals surface area (Å²) in [7, 11) is -2.99. The molecule has 0 saturated carbocycles. The molecule has 0 unspecified atom stereocenters. The van der Waals surface area contributed by atoms with Crippen molar-refractivity contribution >= 4 is 22.0 Å². The smallest absolute Gasteiger partial charge is 0.271 e. The second-order valence-electron chi connectivity index (χ2n) is 6.74. The predicted octanol–water partition coefficient (Wildman–Crippen LogP) is 2.02. The van der Waals surface area contributed by atoms with Crippen LogP contribution < -0.4 is 10.2 Å². The van der Waals surface area contributed by atoms with Gasteiger partial charge in [-0.15, -0.1) is 0 Å². The summed E-state index contributed by atoms with van der Waals surface area (Å²) in [6, 6.07) is 6.66. The zero-order valence-corrected chi connectivity index (χ0v) is 17.0. The van der Waals surface area contributed by atoms with E-state index in [9.17, 15) is 13.2 Å². The Morgan fingerprint density at radius 3 is 2.68 bits per heavy atom. The molecule has 1 aliphatic heterocycles. The lowest BCUT2D eigenvalue weighted by Gasteiger charge is -2.10. The molecule has 1 amide bonds. The Morgan fingerprint density at radius 1 is 1.36 bits per heavy atom. The van der Waals surface area contributed by atoms with Crippen molar-refractivity contribution in [2.75, 3.05) is 18.1 Å². The maximum Gasteiger partial charge on any atom is 0.271 e. The summed E-state index contributed by atoms with van der Waals surface area (Å²) in [6.45, 7) is 6.17. The average Bonchev–Trinajstić information content (AvgIpc) is 3.15. The van der Waals surface area contributed by atoms with Crippen LogP contribution in [0.5, 0.6) is 5.75 Å². The molecule has 1 saturated heterocycles. The first-order chi connectivity index (χ1) is 13.3. The molecule has 0 spiro atoms. The normalized spacial score (nSPS) is 18.5. The highest BCUT2D eigenvalue weighted by Gasteiger charge is 2.31. The van der Waals surface area contributed by atoms with Gasteiger partial charge in [0.25, 0.3) is 5.91 Å². The number of hydrogen-bond acceptors (Lipinski definition) is 6. The maximum absolute atomic E-state index is 12.2. The summed E-state index contributed by atoms with van der Waals surface area (Å²) in [5.74, 6) is 0.677. The highest BCUT2D eigenvalue weighted by atomic mass is 32.2. The lowest BCUT2D eigenvalue weighted by atomic mass is 10.2. The zero-order chi connectivity index (χ0) is 20.3. The van der Waals surface area contributed by atoms with Gasteiger partial charge in [-0.3, -0.25) is 9.48 Å². The number of aryl methyl sites for hydroxylation is 1. The summed E-state index contributed by atoms with van der Waals surface area (Å²) in [4.78, 5) is 12.2. The zero-order valence-electron chi connectivity index (χ0n) is 16.2. The number of carbonyl (C=O) groups excluding carboxylic acids is 1. The van der Waals surface area contributed by atoms with Crippen molar-refractivity contribution in [3.8, 4) is 5.75 Å². The van der Waals surface area contributed by atoms with Crippen molar-refractivity contribution in [3.63, 3.8) is 0 Å². The van der Waals surface area contributed by atoms with Gasteiger partial charge in [-0.25, -0.2) is 13.8 Å². The van der Waals surface area contributed by atoms with Crippen LogP contribution in [0.2, 0.25) is 0 Å². The number of nitrogens with zero attached hydrogens (tertiary/aromatic N) is 3. The number of aromatic nitrogens is 2. The van der Waals surface area contributed by atoms with E-state index in [0.29, 0.717) is 24.3 Å². The van der Waals surface area contributed by atoms with E-state index < -0.39 is 9.84 Å². The molecule has 3 rings (SSSR count). The Bertz CT molecular complexity index is 994. The molecule has 0 aliphatic carbocycles. The van der Waals surface area contributed by atoms with E-state index in [2.05, 4.69) is 15.6 Å². The Morgan fingerprint density at radius 2 is 2.07 bits per heavy atom. The molecule has 9 heteroatoms. The lowest BCUT2D eigenvalue weighted by Crippen LogP contribution is -2.17. The molecule has 0 radical (unpaired) electrons. The first kappa shape index (κ1) is 20.1. The summed E-state index contributed by atoms with van der Waals surface area (Å²) in [5, 5.41) is 8.51. The molecule has 28 heavy (non-hydrogen) atoms. The van der Waals surface area contributed by atoms with Gasteiger partial charge in [0.15, 0.2) is 9.84 Å². The fourth-order valence-corrected chi connectivity index (χ4v) is 4.97. The van der Waals surface area contributed by atoms with E-state index in [1.165, 1.54) is 0 Å². The van der Waals surface area contributed by atoms with Gasteiger partial charge in [0.05, 0.1) is 36.1 Å². The number of hydrazone groups is 1. The third-order valence-corrected chi connectivity index (χ3v) is 6.47. The van der Waals surface area contributed by atoms with E-state index in [4.69, 9.17) is 4.74 Å². The van der Waals surface area contributed by atoms with Crippen molar-refractivity contribution in [1.82, 2.24) is 15.2 Å². The Labute approximate surface area is 164 Å². The summed E-state index contributed by atoms with van der Waals surface area (Å²) < 4.78 is 30.6. The third kappa shape index (κ3) is 4.41. The fourth-order valence-electron chi connectivity index (χ4n) is 3.28. The summed E-state index contributed by atoms with van der Waals surface area (Å²) in [5.41, 5.74) is 5.32. The third-order valence-electron chi connectivity index (χ3n) is 4.72. The first-order valence-corrected chi connectivity index (χ1v) is 10.9. The monoisotopic (exact) mass is 404 g/mol. The molecule has 1 fully saturated rings. The van der Waals surface area contributed by atoms with E-state index in [1.54, 1.807) is 35.2 Å². The molecule has 1 aromatic heterocycles.